The Hall–Kier alpha value is -0.460. The third-order valence-electron chi connectivity index (χ3n) is 3.46. The van der Waals surface area contributed by atoms with E-state index in [9.17, 15) is 5.11 Å². The standard InChI is InChI=1S/C15H21BrN2O2.2ClH/c1-3-13(18-7-5-17-6-8-18)11-9-12(16)15(19)14(10-11)20-4-2;;/h3,9-10,13,17,19H,1,4-8H2,2H3;2*1H/t13-;;/m0../s1. The third-order valence-corrected chi connectivity index (χ3v) is 4.06. The van der Waals surface area contributed by atoms with Gasteiger partial charge in [0, 0.05) is 26.2 Å². The molecule has 1 atom stereocenters. The molecule has 0 saturated carbocycles. The molecule has 7 heteroatoms. The molecule has 1 aliphatic heterocycles. The van der Waals surface area contributed by atoms with Gasteiger partial charge in [0.05, 0.1) is 17.1 Å². The van der Waals surface area contributed by atoms with Crippen LogP contribution in [0.3, 0.4) is 0 Å². The molecule has 0 spiro atoms. The summed E-state index contributed by atoms with van der Waals surface area (Å²) in [7, 11) is 0. The Bertz CT molecular complexity index is 483. The van der Waals surface area contributed by atoms with Crippen molar-refractivity contribution in [2.24, 2.45) is 0 Å². The Morgan fingerprint density at radius 3 is 2.59 bits per heavy atom. The number of piperazine rings is 1. The second-order valence-corrected chi connectivity index (χ2v) is 5.60. The van der Waals surface area contributed by atoms with Gasteiger partial charge in [-0.3, -0.25) is 4.90 Å². The van der Waals surface area contributed by atoms with Crippen molar-refractivity contribution in [2.45, 2.75) is 13.0 Å². The lowest BCUT2D eigenvalue weighted by atomic mass is 10.0. The van der Waals surface area contributed by atoms with Crippen molar-refractivity contribution in [3.63, 3.8) is 0 Å². The molecule has 1 saturated heterocycles. The number of ether oxygens (including phenoxy) is 1. The number of benzene rings is 1. The molecule has 22 heavy (non-hydrogen) atoms. The zero-order chi connectivity index (χ0) is 14.5. The molecule has 2 rings (SSSR count). The van der Waals surface area contributed by atoms with Crippen LogP contribution in [0, 0.1) is 0 Å². The molecule has 1 aliphatic rings. The number of hydrogen-bond acceptors (Lipinski definition) is 4. The fraction of sp³-hybridized carbons (Fsp3) is 0.467. The van der Waals surface area contributed by atoms with Crippen LogP contribution in [-0.2, 0) is 0 Å². The molecule has 1 heterocycles. The molecule has 126 valence electrons. The van der Waals surface area contributed by atoms with Gasteiger partial charge in [0.15, 0.2) is 11.5 Å². The first-order chi connectivity index (χ1) is 9.67. The van der Waals surface area contributed by atoms with Gasteiger partial charge in [-0.05, 0) is 40.5 Å². The molecule has 0 aromatic heterocycles. The fourth-order valence-electron chi connectivity index (χ4n) is 2.49. The zero-order valence-corrected chi connectivity index (χ0v) is 15.8. The van der Waals surface area contributed by atoms with Gasteiger partial charge in [-0.2, -0.15) is 0 Å². The smallest absolute Gasteiger partial charge is 0.172 e. The number of hydrogen-bond donors (Lipinski definition) is 2. The first-order valence-corrected chi connectivity index (χ1v) is 7.69. The molecule has 0 bridgehead atoms. The quantitative estimate of drug-likeness (QED) is 0.724. The fourth-order valence-corrected chi connectivity index (χ4v) is 2.95. The minimum absolute atomic E-state index is 0. The lowest BCUT2D eigenvalue weighted by molar-refractivity contribution is 0.203. The van der Waals surface area contributed by atoms with E-state index in [0.717, 1.165) is 31.7 Å². The van der Waals surface area contributed by atoms with Gasteiger partial charge in [-0.25, -0.2) is 0 Å². The van der Waals surface area contributed by atoms with E-state index >= 15 is 0 Å². The molecule has 1 aromatic rings. The van der Waals surface area contributed by atoms with Gasteiger partial charge in [-0.15, -0.1) is 31.4 Å². The highest BCUT2D eigenvalue weighted by atomic mass is 79.9. The Morgan fingerprint density at radius 2 is 2.05 bits per heavy atom. The maximum absolute atomic E-state index is 10.00. The molecule has 0 amide bonds. The molecular formula is C15H23BrCl2N2O2. The Morgan fingerprint density at radius 1 is 1.41 bits per heavy atom. The van der Waals surface area contributed by atoms with E-state index in [1.54, 1.807) is 0 Å². The number of phenols is 1. The highest BCUT2D eigenvalue weighted by Gasteiger charge is 2.21. The van der Waals surface area contributed by atoms with E-state index in [2.05, 4.69) is 32.7 Å². The van der Waals surface area contributed by atoms with Gasteiger partial charge in [0.2, 0.25) is 0 Å². The molecule has 2 N–H and O–H groups in total. The summed E-state index contributed by atoms with van der Waals surface area (Å²) >= 11 is 3.39. The van der Waals surface area contributed by atoms with Crippen molar-refractivity contribution >= 4 is 40.7 Å². The van der Waals surface area contributed by atoms with E-state index in [0.29, 0.717) is 16.8 Å². The number of halogens is 3. The number of rotatable bonds is 5. The van der Waals surface area contributed by atoms with Crippen molar-refractivity contribution in [3.8, 4) is 11.5 Å². The lowest BCUT2D eigenvalue weighted by Crippen LogP contribution is -2.44. The van der Waals surface area contributed by atoms with Gasteiger partial charge in [-0.1, -0.05) is 6.08 Å². The lowest BCUT2D eigenvalue weighted by Gasteiger charge is -2.33. The van der Waals surface area contributed by atoms with Crippen LogP contribution >= 0.6 is 40.7 Å². The van der Waals surface area contributed by atoms with Crippen molar-refractivity contribution in [1.82, 2.24) is 10.2 Å². The minimum Gasteiger partial charge on any atom is -0.503 e. The van der Waals surface area contributed by atoms with Crippen LogP contribution < -0.4 is 10.1 Å². The van der Waals surface area contributed by atoms with Gasteiger partial charge < -0.3 is 15.2 Å². The second kappa shape index (κ2) is 10.3. The first-order valence-electron chi connectivity index (χ1n) is 6.90. The number of aromatic hydroxyl groups is 1. The summed E-state index contributed by atoms with van der Waals surface area (Å²) in [6.45, 7) is 10.3. The van der Waals surface area contributed by atoms with E-state index in [-0.39, 0.29) is 36.6 Å². The Labute approximate surface area is 152 Å². The van der Waals surface area contributed by atoms with Crippen LogP contribution in [0.5, 0.6) is 11.5 Å². The van der Waals surface area contributed by atoms with Gasteiger partial charge in [0.25, 0.3) is 0 Å². The summed E-state index contributed by atoms with van der Waals surface area (Å²) in [4.78, 5) is 2.37. The Balaban J connectivity index is 0.00000220. The maximum Gasteiger partial charge on any atom is 0.172 e. The van der Waals surface area contributed by atoms with Crippen molar-refractivity contribution in [1.29, 1.82) is 0 Å². The molecule has 1 fully saturated rings. The molecule has 4 nitrogen and oxygen atoms in total. The van der Waals surface area contributed by atoms with Gasteiger partial charge in [0.1, 0.15) is 0 Å². The summed E-state index contributed by atoms with van der Waals surface area (Å²) in [6.07, 6.45) is 1.94. The summed E-state index contributed by atoms with van der Waals surface area (Å²) in [5, 5.41) is 13.3. The highest BCUT2D eigenvalue weighted by molar-refractivity contribution is 9.10. The number of nitrogens with zero attached hydrogens (tertiary/aromatic N) is 1. The van der Waals surface area contributed by atoms with Crippen molar-refractivity contribution < 1.29 is 9.84 Å². The minimum atomic E-state index is 0. The average molecular weight is 414 g/mol. The predicted molar refractivity (Wildman–Crippen MR) is 98.9 cm³/mol. The van der Waals surface area contributed by atoms with Crippen LogP contribution in [0.25, 0.3) is 0 Å². The molecular weight excluding hydrogens is 391 g/mol. The van der Waals surface area contributed by atoms with Crippen LogP contribution in [0.1, 0.15) is 18.5 Å². The van der Waals surface area contributed by atoms with E-state index in [1.807, 2.05) is 25.1 Å². The van der Waals surface area contributed by atoms with Crippen LogP contribution in [0.2, 0.25) is 0 Å². The van der Waals surface area contributed by atoms with E-state index in [1.165, 1.54) is 0 Å². The average Bonchev–Trinajstić information content (AvgIpc) is 2.46. The monoisotopic (exact) mass is 412 g/mol. The van der Waals surface area contributed by atoms with E-state index in [4.69, 9.17) is 4.74 Å². The molecule has 0 unspecified atom stereocenters. The second-order valence-electron chi connectivity index (χ2n) is 4.75. The SMILES string of the molecule is C=C[C@@H](c1cc(Br)c(O)c(OCC)c1)N1CCNCC1.Cl.Cl. The normalized spacial score (nSPS) is 16.1. The van der Waals surface area contributed by atoms with Crippen molar-refractivity contribution in [2.75, 3.05) is 32.8 Å². The van der Waals surface area contributed by atoms with Gasteiger partial charge >= 0.3 is 0 Å². The van der Waals surface area contributed by atoms with Crippen molar-refractivity contribution in [3.05, 3.63) is 34.8 Å². The van der Waals surface area contributed by atoms with Crippen LogP contribution in [0.4, 0.5) is 0 Å². The molecule has 0 radical (unpaired) electrons. The molecule has 0 aliphatic carbocycles. The maximum atomic E-state index is 10.00. The summed E-state index contributed by atoms with van der Waals surface area (Å²) in [5.74, 6) is 0.664. The predicted octanol–water partition coefficient (Wildman–Crippen LogP) is 3.53. The summed E-state index contributed by atoms with van der Waals surface area (Å²) in [6, 6.07) is 3.97. The van der Waals surface area contributed by atoms with E-state index < -0.39 is 0 Å². The molecule has 1 aromatic carbocycles. The number of nitrogens with one attached hydrogen (secondary N) is 1. The van der Waals surface area contributed by atoms with Crippen LogP contribution in [-0.4, -0.2) is 42.8 Å². The van der Waals surface area contributed by atoms with Crippen LogP contribution in [0.15, 0.2) is 29.3 Å². The summed E-state index contributed by atoms with van der Waals surface area (Å²) in [5.41, 5.74) is 1.08. The largest absolute Gasteiger partial charge is 0.503 e. The topological polar surface area (TPSA) is 44.7 Å². The highest BCUT2D eigenvalue weighted by Crippen LogP contribution is 2.38. The zero-order valence-electron chi connectivity index (χ0n) is 12.5. The number of phenolic OH excluding ortho intramolecular Hbond substituents is 1. The Kier molecular flexibility index (Phi) is 10.1. The first kappa shape index (κ1) is 21.5. The summed E-state index contributed by atoms with van der Waals surface area (Å²) < 4.78 is 6.15. The third kappa shape index (κ3) is 5.03.